The van der Waals surface area contributed by atoms with E-state index in [4.69, 9.17) is 30.5 Å². The van der Waals surface area contributed by atoms with Crippen molar-refractivity contribution in [1.29, 1.82) is 0 Å². The Labute approximate surface area is 302 Å². The summed E-state index contributed by atoms with van der Waals surface area (Å²) in [6.45, 7) is 6.92. The van der Waals surface area contributed by atoms with E-state index in [9.17, 15) is 0 Å². The molecule has 50 heavy (non-hydrogen) atoms. The molecule has 2 atom stereocenters. The minimum Gasteiger partial charge on any atom is -0.497 e. The van der Waals surface area contributed by atoms with E-state index in [1.807, 2.05) is 24.3 Å². The minimum atomic E-state index is 0.136. The second kappa shape index (κ2) is 16.2. The minimum absolute atomic E-state index is 0.136. The third kappa shape index (κ3) is 7.99. The quantitative estimate of drug-likeness (QED) is 0.158. The maximum Gasteiger partial charge on any atom is 0.220 e. The van der Waals surface area contributed by atoms with Gasteiger partial charge in [-0.15, -0.1) is 0 Å². The van der Waals surface area contributed by atoms with Crippen LogP contribution in [0, 0.1) is 11.8 Å². The Morgan fingerprint density at radius 3 is 2.08 bits per heavy atom. The second-order valence-electron chi connectivity index (χ2n) is 14.4. The van der Waals surface area contributed by atoms with Crippen LogP contribution >= 0.6 is 11.6 Å². The Kier molecular flexibility index (Phi) is 11.3. The molecule has 0 spiro atoms. The van der Waals surface area contributed by atoms with Crippen molar-refractivity contribution in [1.82, 2.24) is 14.8 Å². The summed E-state index contributed by atoms with van der Waals surface area (Å²) in [4.78, 5) is 15.3. The van der Waals surface area contributed by atoms with Crippen LogP contribution in [0.1, 0.15) is 60.5 Å². The highest BCUT2D eigenvalue weighted by Crippen LogP contribution is 2.46. The molecule has 0 radical (unpaired) electrons. The van der Waals surface area contributed by atoms with Crippen molar-refractivity contribution < 1.29 is 13.9 Å². The van der Waals surface area contributed by atoms with Crippen LogP contribution in [0.4, 0.5) is 11.6 Å². The number of rotatable bonds is 11. The van der Waals surface area contributed by atoms with Crippen molar-refractivity contribution in [3.8, 4) is 5.75 Å². The zero-order valence-electron chi connectivity index (χ0n) is 29.8. The molecule has 2 saturated heterocycles. The second-order valence-corrected chi connectivity index (χ2v) is 14.8. The predicted molar refractivity (Wildman–Crippen MR) is 202 cm³/mol. The summed E-state index contributed by atoms with van der Waals surface area (Å²) in [6, 6.07) is 28.1. The normalized spacial score (nSPS) is 21.7. The molecule has 3 fully saturated rings. The van der Waals surface area contributed by atoms with Gasteiger partial charge in [0.2, 0.25) is 11.8 Å². The lowest BCUT2D eigenvalue weighted by Crippen LogP contribution is -2.46. The molecule has 1 saturated carbocycles. The molecule has 4 aromatic rings. The van der Waals surface area contributed by atoms with E-state index in [-0.39, 0.29) is 6.04 Å². The van der Waals surface area contributed by atoms with E-state index in [0.717, 1.165) is 100.0 Å². The molecule has 3 heterocycles. The fraction of sp³-hybridized carbons (Fsp3) is 0.488. The van der Waals surface area contributed by atoms with Gasteiger partial charge < -0.3 is 28.6 Å². The number of halogens is 1. The Morgan fingerprint density at radius 1 is 0.800 bits per heavy atom. The van der Waals surface area contributed by atoms with Gasteiger partial charge in [-0.1, -0.05) is 54.1 Å². The maximum atomic E-state index is 7.04. The van der Waals surface area contributed by atoms with Crippen molar-refractivity contribution in [3.05, 3.63) is 107 Å². The number of ether oxygens (including phenoxy) is 2. The molecule has 7 rings (SSSR count). The molecule has 0 bridgehead atoms. The highest BCUT2D eigenvalue weighted by Gasteiger charge is 2.39. The SMILES string of the molecule is COc1ccc(N2CCN(c3oc(C(C4CCC(C(c5ccc(Cl)cc5)N(C)C)CC4)N4CCOCC4)nc3Cc3ccccc3)CC2)cc1. The number of piperazine rings is 1. The van der Waals surface area contributed by atoms with E-state index in [2.05, 4.69) is 88.3 Å². The van der Waals surface area contributed by atoms with Crippen LogP contribution in [-0.2, 0) is 11.2 Å². The first-order valence-corrected chi connectivity index (χ1v) is 18.8. The van der Waals surface area contributed by atoms with Gasteiger partial charge in [-0.3, -0.25) is 4.90 Å². The first kappa shape index (κ1) is 34.9. The fourth-order valence-corrected chi connectivity index (χ4v) is 8.67. The van der Waals surface area contributed by atoms with Gasteiger partial charge in [0.15, 0.2) is 0 Å². The average molecular weight is 698 g/mol. The van der Waals surface area contributed by atoms with E-state index in [1.54, 1.807) is 7.11 Å². The lowest BCUT2D eigenvalue weighted by Gasteiger charge is -2.42. The third-order valence-electron chi connectivity index (χ3n) is 11.1. The summed E-state index contributed by atoms with van der Waals surface area (Å²) in [5, 5.41) is 0.791. The molecule has 0 N–H and O–H groups in total. The van der Waals surface area contributed by atoms with E-state index < -0.39 is 0 Å². The van der Waals surface area contributed by atoms with Gasteiger partial charge in [-0.05, 0) is 99.1 Å². The lowest BCUT2D eigenvalue weighted by molar-refractivity contribution is -0.0151. The summed E-state index contributed by atoms with van der Waals surface area (Å²) < 4.78 is 18.3. The fourth-order valence-electron chi connectivity index (χ4n) is 8.54. The first-order chi connectivity index (χ1) is 24.5. The Hall–Kier alpha value is -3.56. The number of oxazole rings is 1. The largest absolute Gasteiger partial charge is 0.497 e. The van der Waals surface area contributed by atoms with Gasteiger partial charge in [-0.2, -0.15) is 0 Å². The average Bonchev–Trinajstić information content (AvgIpc) is 3.57. The zero-order valence-corrected chi connectivity index (χ0v) is 30.6. The van der Waals surface area contributed by atoms with E-state index in [1.165, 1.54) is 29.7 Å². The number of benzene rings is 3. The van der Waals surface area contributed by atoms with Crippen molar-refractivity contribution in [2.75, 3.05) is 83.5 Å². The van der Waals surface area contributed by atoms with Gasteiger partial charge in [-0.25, -0.2) is 4.98 Å². The lowest BCUT2D eigenvalue weighted by atomic mass is 9.73. The van der Waals surface area contributed by atoms with Crippen LogP contribution in [-0.4, -0.2) is 88.5 Å². The van der Waals surface area contributed by atoms with Gasteiger partial charge in [0.25, 0.3) is 0 Å². The van der Waals surface area contributed by atoms with E-state index in [0.29, 0.717) is 17.9 Å². The number of aromatic nitrogens is 1. The van der Waals surface area contributed by atoms with Gasteiger partial charge in [0.05, 0.1) is 26.4 Å². The first-order valence-electron chi connectivity index (χ1n) is 18.4. The number of anilines is 2. The predicted octanol–water partition coefficient (Wildman–Crippen LogP) is 7.74. The van der Waals surface area contributed by atoms with Crippen molar-refractivity contribution in [3.63, 3.8) is 0 Å². The molecule has 1 aromatic heterocycles. The molecule has 9 heteroatoms. The zero-order chi connectivity index (χ0) is 34.5. The summed E-state index contributed by atoms with van der Waals surface area (Å²) in [5.41, 5.74) is 4.88. The standard InChI is InChI=1S/C41H52ClN5O3/c1-44(2)38(32-13-15-34(42)16-14-32)31-9-11-33(12-10-31)39(46-25-27-49-28-26-46)40-43-37(29-30-7-5-4-6-8-30)41(50-40)47-23-21-45(22-24-47)35-17-19-36(48-3)20-18-35/h4-8,13-20,31,33,38-39H,9-12,21-29H2,1-3H3. The topological polar surface area (TPSA) is 57.5 Å². The Balaban J connectivity index is 1.13. The van der Waals surface area contributed by atoms with Crippen molar-refractivity contribution in [2.45, 2.75) is 44.2 Å². The highest BCUT2D eigenvalue weighted by molar-refractivity contribution is 6.30. The van der Waals surface area contributed by atoms with Gasteiger partial charge in [0, 0.05) is 62.4 Å². The van der Waals surface area contributed by atoms with Gasteiger partial charge in [0.1, 0.15) is 11.4 Å². The van der Waals surface area contributed by atoms with Crippen molar-refractivity contribution in [2.24, 2.45) is 11.8 Å². The molecule has 3 aromatic carbocycles. The maximum absolute atomic E-state index is 7.04. The number of methoxy groups -OCH3 is 1. The summed E-state index contributed by atoms with van der Waals surface area (Å²) in [6.07, 6.45) is 5.41. The molecular formula is C41H52ClN5O3. The van der Waals surface area contributed by atoms with E-state index >= 15 is 0 Å². The molecule has 8 nitrogen and oxygen atoms in total. The molecule has 3 aliphatic rings. The molecule has 2 aliphatic heterocycles. The van der Waals surface area contributed by atoms with Crippen LogP contribution in [0.15, 0.2) is 83.3 Å². The summed E-state index contributed by atoms with van der Waals surface area (Å²) >= 11 is 6.27. The van der Waals surface area contributed by atoms with Crippen LogP contribution in [0.25, 0.3) is 0 Å². The van der Waals surface area contributed by atoms with Crippen molar-refractivity contribution >= 4 is 23.2 Å². The van der Waals surface area contributed by atoms with Crippen LogP contribution in [0.3, 0.4) is 0 Å². The smallest absolute Gasteiger partial charge is 0.220 e. The molecule has 0 amide bonds. The number of hydrogen-bond acceptors (Lipinski definition) is 8. The number of morpholine rings is 1. The highest BCUT2D eigenvalue weighted by atomic mass is 35.5. The molecule has 266 valence electrons. The summed E-state index contributed by atoms with van der Waals surface area (Å²) in [5.74, 6) is 3.77. The molecule has 2 unspecified atom stereocenters. The van der Waals surface area contributed by atoms with Crippen LogP contribution in [0.2, 0.25) is 5.02 Å². The summed E-state index contributed by atoms with van der Waals surface area (Å²) in [7, 11) is 6.13. The Morgan fingerprint density at radius 2 is 1.44 bits per heavy atom. The monoisotopic (exact) mass is 697 g/mol. The number of hydrogen-bond donors (Lipinski definition) is 0. The third-order valence-corrected chi connectivity index (χ3v) is 11.3. The Bertz CT molecular complexity index is 1630. The molecular weight excluding hydrogens is 646 g/mol. The molecule has 1 aliphatic carbocycles. The van der Waals surface area contributed by atoms with Gasteiger partial charge >= 0.3 is 0 Å². The number of nitrogens with zero attached hydrogens (tertiary/aromatic N) is 5. The van der Waals surface area contributed by atoms with Crippen LogP contribution < -0.4 is 14.5 Å². The van der Waals surface area contributed by atoms with Crippen LogP contribution in [0.5, 0.6) is 5.75 Å².